The predicted molar refractivity (Wildman–Crippen MR) is 110 cm³/mol. The quantitative estimate of drug-likeness (QED) is 0.682. The number of carbonyl (C=O) groups is 2. The molecule has 0 unspecified atom stereocenters. The van der Waals surface area contributed by atoms with Crippen LogP contribution in [0.1, 0.15) is 26.5 Å². The van der Waals surface area contributed by atoms with Crippen molar-refractivity contribution in [1.29, 1.82) is 0 Å². The fourth-order valence-electron chi connectivity index (χ4n) is 3.33. The Morgan fingerprint density at radius 1 is 0.786 bits per heavy atom. The molecule has 1 aromatic heterocycles. The molecule has 1 saturated heterocycles. The molecule has 0 radical (unpaired) electrons. The molecule has 3 aromatic rings. The van der Waals surface area contributed by atoms with Gasteiger partial charge in [0.1, 0.15) is 9.88 Å². The van der Waals surface area contributed by atoms with Crippen molar-refractivity contribution in [2.24, 2.45) is 0 Å². The van der Waals surface area contributed by atoms with E-state index in [1.165, 1.54) is 11.3 Å². The smallest absolute Gasteiger partial charge is 0.265 e. The lowest BCUT2D eigenvalue weighted by Crippen LogP contribution is -2.37. The summed E-state index contributed by atoms with van der Waals surface area (Å²) in [6.07, 6.45) is 2.43. The molecular formula is C22H21N3O2S. The van der Waals surface area contributed by atoms with E-state index in [9.17, 15) is 9.59 Å². The van der Waals surface area contributed by atoms with Crippen LogP contribution in [0.5, 0.6) is 0 Å². The van der Waals surface area contributed by atoms with Gasteiger partial charge in [-0.3, -0.25) is 9.59 Å². The number of nitrogens with zero attached hydrogens (tertiary/aromatic N) is 3. The first-order valence-corrected chi connectivity index (χ1v) is 10.2. The van der Waals surface area contributed by atoms with Gasteiger partial charge in [0.15, 0.2) is 0 Å². The maximum Gasteiger partial charge on any atom is 0.265 e. The molecule has 0 aliphatic carbocycles. The van der Waals surface area contributed by atoms with E-state index < -0.39 is 0 Å². The van der Waals surface area contributed by atoms with Crippen LogP contribution in [0, 0.1) is 0 Å². The van der Waals surface area contributed by atoms with Gasteiger partial charge in [-0.15, -0.1) is 11.3 Å². The van der Waals surface area contributed by atoms with E-state index in [1.807, 2.05) is 70.5 Å². The van der Waals surface area contributed by atoms with Gasteiger partial charge in [-0.2, -0.15) is 0 Å². The van der Waals surface area contributed by atoms with Crippen LogP contribution in [-0.2, 0) is 0 Å². The molecule has 0 spiro atoms. The predicted octanol–water partition coefficient (Wildman–Crippen LogP) is 3.80. The Bertz CT molecular complexity index is 956. The van der Waals surface area contributed by atoms with Crippen LogP contribution >= 0.6 is 11.3 Å². The summed E-state index contributed by atoms with van der Waals surface area (Å²) in [5.74, 6) is 0.0211. The number of amides is 2. The zero-order valence-electron chi connectivity index (χ0n) is 15.5. The van der Waals surface area contributed by atoms with E-state index in [-0.39, 0.29) is 11.8 Å². The van der Waals surface area contributed by atoms with Gasteiger partial charge in [-0.1, -0.05) is 48.5 Å². The summed E-state index contributed by atoms with van der Waals surface area (Å²) in [4.78, 5) is 34.3. The Balaban J connectivity index is 1.42. The molecule has 4 rings (SSSR count). The normalized spacial score (nSPS) is 14.6. The highest BCUT2D eigenvalue weighted by Crippen LogP contribution is 2.26. The lowest BCUT2D eigenvalue weighted by atomic mass is 10.2. The maximum atomic E-state index is 12.9. The van der Waals surface area contributed by atoms with Crippen molar-refractivity contribution in [1.82, 2.24) is 14.8 Å². The summed E-state index contributed by atoms with van der Waals surface area (Å²) in [5.41, 5.74) is 1.71. The number of hydrogen-bond donors (Lipinski definition) is 0. The van der Waals surface area contributed by atoms with E-state index >= 15 is 0 Å². The summed E-state index contributed by atoms with van der Waals surface area (Å²) in [6.45, 7) is 2.39. The Kier molecular flexibility index (Phi) is 5.48. The second-order valence-electron chi connectivity index (χ2n) is 6.70. The fourth-order valence-corrected chi connectivity index (χ4v) is 4.22. The molecule has 2 amide bonds. The van der Waals surface area contributed by atoms with Gasteiger partial charge in [-0.05, 0) is 18.6 Å². The molecule has 28 heavy (non-hydrogen) atoms. The van der Waals surface area contributed by atoms with Crippen molar-refractivity contribution in [3.05, 3.63) is 77.3 Å². The second-order valence-corrected chi connectivity index (χ2v) is 7.73. The summed E-state index contributed by atoms with van der Waals surface area (Å²) >= 11 is 1.42. The van der Waals surface area contributed by atoms with Crippen molar-refractivity contribution in [2.45, 2.75) is 6.42 Å². The zero-order chi connectivity index (χ0) is 19.3. The van der Waals surface area contributed by atoms with Gasteiger partial charge >= 0.3 is 0 Å². The van der Waals surface area contributed by atoms with Crippen LogP contribution in [0.15, 0.2) is 66.9 Å². The van der Waals surface area contributed by atoms with Crippen LogP contribution in [0.25, 0.3) is 10.6 Å². The molecule has 1 aliphatic rings. The average Bonchev–Trinajstić information content (AvgIpc) is 3.12. The van der Waals surface area contributed by atoms with Crippen LogP contribution < -0.4 is 0 Å². The van der Waals surface area contributed by atoms with Crippen molar-refractivity contribution in [2.75, 3.05) is 26.2 Å². The Morgan fingerprint density at radius 2 is 1.39 bits per heavy atom. The van der Waals surface area contributed by atoms with Crippen molar-refractivity contribution in [3.8, 4) is 10.6 Å². The van der Waals surface area contributed by atoms with Crippen LogP contribution in [0.4, 0.5) is 0 Å². The largest absolute Gasteiger partial charge is 0.337 e. The van der Waals surface area contributed by atoms with Gasteiger partial charge < -0.3 is 9.80 Å². The second kappa shape index (κ2) is 8.35. The Morgan fingerprint density at radius 3 is 2.07 bits per heavy atom. The van der Waals surface area contributed by atoms with Gasteiger partial charge in [0, 0.05) is 37.3 Å². The number of thiazole rings is 1. The van der Waals surface area contributed by atoms with Crippen molar-refractivity contribution in [3.63, 3.8) is 0 Å². The van der Waals surface area contributed by atoms with Gasteiger partial charge in [0.05, 0.1) is 6.20 Å². The molecule has 5 nitrogen and oxygen atoms in total. The molecule has 2 heterocycles. The Labute approximate surface area is 168 Å². The lowest BCUT2D eigenvalue weighted by Gasteiger charge is -2.21. The topological polar surface area (TPSA) is 53.5 Å². The molecule has 1 aliphatic heterocycles. The maximum absolute atomic E-state index is 12.9. The van der Waals surface area contributed by atoms with Crippen molar-refractivity contribution < 1.29 is 9.59 Å². The van der Waals surface area contributed by atoms with E-state index in [0.717, 1.165) is 17.0 Å². The first-order chi connectivity index (χ1) is 13.7. The fraction of sp³-hybridized carbons (Fsp3) is 0.227. The highest BCUT2D eigenvalue weighted by molar-refractivity contribution is 7.16. The summed E-state index contributed by atoms with van der Waals surface area (Å²) in [6, 6.07) is 19.2. The van der Waals surface area contributed by atoms with E-state index in [0.29, 0.717) is 36.6 Å². The molecule has 0 atom stereocenters. The molecule has 2 aromatic carbocycles. The minimum Gasteiger partial charge on any atom is -0.337 e. The molecule has 142 valence electrons. The number of rotatable bonds is 3. The van der Waals surface area contributed by atoms with Gasteiger partial charge in [0.2, 0.25) is 0 Å². The highest BCUT2D eigenvalue weighted by Gasteiger charge is 2.24. The molecule has 0 bridgehead atoms. The van der Waals surface area contributed by atoms with Crippen LogP contribution in [0.3, 0.4) is 0 Å². The number of carbonyl (C=O) groups excluding carboxylic acids is 2. The average molecular weight is 391 g/mol. The third-order valence-electron chi connectivity index (χ3n) is 4.83. The third-order valence-corrected chi connectivity index (χ3v) is 5.86. The van der Waals surface area contributed by atoms with Gasteiger partial charge in [0.25, 0.3) is 11.8 Å². The molecule has 0 N–H and O–H groups in total. The summed E-state index contributed by atoms with van der Waals surface area (Å²) in [7, 11) is 0. The standard InChI is InChI=1S/C22H21N3O2S/c26-21(18-10-5-2-6-11-18)24-12-7-13-25(15-14-24)22(27)19-16-23-20(28-19)17-8-3-1-4-9-17/h1-6,8-11,16H,7,12-15H2. The molecular weight excluding hydrogens is 370 g/mol. The molecule has 6 heteroatoms. The van der Waals surface area contributed by atoms with E-state index in [4.69, 9.17) is 0 Å². The third kappa shape index (κ3) is 3.97. The van der Waals surface area contributed by atoms with E-state index in [1.54, 1.807) is 6.20 Å². The van der Waals surface area contributed by atoms with Crippen LogP contribution in [-0.4, -0.2) is 52.8 Å². The summed E-state index contributed by atoms with van der Waals surface area (Å²) in [5, 5.41) is 0.847. The first-order valence-electron chi connectivity index (χ1n) is 9.37. The molecule has 0 saturated carbocycles. The molecule has 1 fully saturated rings. The lowest BCUT2D eigenvalue weighted by molar-refractivity contribution is 0.0721. The minimum absolute atomic E-state index is 0.00584. The summed E-state index contributed by atoms with van der Waals surface area (Å²) < 4.78 is 0. The SMILES string of the molecule is O=C(c1ccccc1)N1CCCN(C(=O)c2cnc(-c3ccccc3)s2)CC1. The number of benzene rings is 2. The number of hydrogen-bond acceptors (Lipinski definition) is 4. The van der Waals surface area contributed by atoms with Crippen LogP contribution in [0.2, 0.25) is 0 Å². The Hall–Kier alpha value is -2.99. The minimum atomic E-state index is -0.00584. The zero-order valence-corrected chi connectivity index (χ0v) is 16.3. The first kappa shape index (κ1) is 18.4. The highest BCUT2D eigenvalue weighted by atomic mass is 32.1. The number of aromatic nitrogens is 1. The van der Waals surface area contributed by atoms with Crippen molar-refractivity contribution >= 4 is 23.2 Å². The van der Waals surface area contributed by atoms with Gasteiger partial charge in [-0.25, -0.2) is 4.98 Å². The monoisotopic (exact) mass is 391 g/mol. The van der Waals surface area contributed by atoms with E-state index in [2.05, 4.69) is 4.98 Å².